The van der Waals surface area contributed by atoms with Crippen LogP contribution >= 0.6 is 0 Å². The smallest absolute Gasteiger partial charge is 0.253 e. The molecule has 2 aliphatic heterocycles. The van der Waals surface area contributed by atoms with E-state index in [2.05, 4.69) is 4.90 Å². The molecule has 1 saturated carbocycles. The third kappa shape index (κ3) is 4.04. The second-order valence-electron chi connectivity index (χ2n) is 8.07. The van der Waals surface area contributed by atoms with Gasteiger partial charge in [0.1, 0.15) is 5.82 Å². The molecule has 1 amide bonds. The van der Waals surface area contributed by atoms with Gasteiger partial charge in [0.25, 0.3) is 5.91 Å². The molecule has 5 heteroatoms. The van der Waals surface area contributed by atoms with Crippen molar-refractivity contribution in [3.63, 3.8) is 0 Å². The van der Waals surface area contributed by atoms with Crippen molar-refractivity contribution in [3.8, 4) is 0 Å². The van der Waals surface area contributed by atoms with Crippen LogP contribution in [0.3, 0.4) is 0 Å². The number of hydrogen-bond acceptors (Lipinski definition) is 3. The maximum atomic E-state index is 13.1. The summed E-state index contributed by atoms with van der Waals surface area (Å²) in [4.78, 5) is 17.3. The summed E-state index contributed by atoms with van der Waals surface area (Å²) >= 11 is 0. The molecule has 1 aromatic carbocycles. The minimum Gasteiger partial charge on any atom is -0.379 e. The van der Waals surface area contributed by atoms with Crippen molar-refractivity contribution in [3.05, 3.63) is 35.6 Å². The summed E-state index contributed by atoms with van der Waals surface area (Å²) in [7, 11) is 0. The van der Waals surface area contributed by atoms with E-state index in [-0.39, 0.29) is 17.1 Å². The maximum absolute atomic E-state index is 13.1. The standard InChI is InChI=1S/C20H27FN2O2/c21-18-6-4-17(5-7-18)19(24)23-9-1-8-20(14-23)13-22(10-11-25-15-20)12-16-2-3-16/h4-7,16H,1-3,8-15H2/t20-/m0/s1. The Kier molecular flexibility index (Phi) is 4.78. The summed E-state index contributed by atoms with van der Waals surface area (Å²) in [5, 5.41) is 0. The van der Waals surface area contributed by atoms with Crippen molar-refractivity contribution < 1.29 is 13.9 Å². The Labute approximate surface area is 148 Å². The van der Waals surface area contributed by atoms with Crippen LogP contribution in [0.1, 0.15) is 36.0 Å². The highest BCUT2D eigenvalue weighted by atomic mass is 19.1. The van der Waals surface area contributed by atoms with Gasteiger partial charge in [-0.05, 0) is 55.9 Å². The van der Waals surface area contributed by atoms with E-state index in [1.54, 1.807) is 12.1 Å². The summed E-state index contributed by atoms with van der Waals surface area (Å²) in [5.74, 6) is 0.576. The summed E-state index contributed by atoms with van der Waals surface area (Å²) < 4.78 is 19.1. The van der Waals surface area contributed by atoms with Crippen molar-refractivity contribution >= 4 is 5.91 Å². The number of likely N-dealkylation sites (tertiary alicyclic amines) is 1. The van der Waals surface area contributed by atoms with Crippen LogP contribution in [0.5, 0.6) is 0 Å². The number of carbonyl (C=O) groups excluding carboxylic acids is 1. The van der Waals surface area contributed by atoms with Gasteiger partial charge < -0.3 is 14.5 Å². The Morgan fingerprint density at radius 1 is 1.20 bits per heavy atom. The zero-order valence-electron chi connectivity index (χ0n) is 14.8. The average molecular weight is 346 g/mol. The summed E-state index contributed by atoms with van der Waals surface area (Å²) in [6.45, 7) is 6.25. The molecule has 0 radical (unpaired) electrons. The van der Waals surface area contributed by atoms with Gasteiger partial charge >= 0.3 is 0 Å². The van der Waals surface area contributed by atoms with Gasteiger partial charge in [0.05, 0.1) is 13.2 Å². The van der Waals surface area contributed by atoms with Crippen LogP contribution in [0, 0.1) is 17.2 Å². The monoisotopic (exact) mass is 346 g/mol. The molecule has 4 nitrogen and oxygen atoms in total. The van der Waals surface area contributed by atoms with Crippen LogP contribution in [0.4, 0.5) is 4.39 Å². The third-order valence-electron chi connectivity index (χ3n) is 5.77. The SMILES string of the molecule is O=C(c1ccc(F)cc1)N1CCC[C@@]2(COCCN(CC3CC3)C2)C1. The quantitative estimate of drug-likeness (QED) is 0.844. The molecule has 1 aliphatic carbocycles. The number of benzene rings is 1. The normalized spacial score (nSPS) is 28.1. The van der Waals surface area contributed by atoms with Crippen molar-refractivity contribution in [1.29, 1.82) is 0 Å². The zero-order valence-corrected chi connectivity index (χ0v) is 14.8. The zero-order chi connectivity index (χ0) is 17.3. The van der Waals surface area contributed by atoms with E-state index >= 15 is 0 Å². The fraction of sp³-hybridized carbons (Fsp3) is 0.650. The molecule has 1 atom stereocenters. The summed E-state index contributed by atoms with van der Waals surface area (Å²) in [6, 6.07) is 5.89. The van der Waals surface area contributed by atoms with Crippen molar-refractivity contribution in [2.45, 2.75) is 25.7 Å². The van der Waals surface area contributed by atoms with Crippen LogP contribution < -0.4 is 0 Å². The molecule has 136 valence electrons. The van der Waals surface area contributed by atoms with E-state index in [1.807, 2.05) is 4.90 Å². The second kappa shape index (κ2) is 7.04. The first-order valence-electron chi connectivity index (χ1n) is 9.49. The lowest BCUT2D eigenvalue weighted by atomic mass is 9.79. The molecule has 3 aliphatic rings. The van der Waals surface area contributed by atoms with Crippen molar-refractivity contribution in [2.75, 3.05) is 45.9 Å². The van der Waals surface area contributed by atoms with Gasteiger partial charge in [-0.3, -0.25) is 4.79 Å². The highest BCUT2D eigenvalue weighted by Crippen LogP contribution is 2.36. The maximum Gasteiger partial charge on any atom is 0.253 e. The van der Waals surface area contributed by atoms with Crippen molar-refractivity contribution in [2.24, 2.45) is 11.3 Å². The lowest BCUT2D eigenvalue weighted by Gasteiger charge is -2.43. The number of amides is 1. The van der Waals surface area contributed by atoms with Gasteiger partial charge in [-0.1, -0.05) is 0 Å². The molecule has 1 aromatic rings. The Balaban J connectivity index is 1.46. The van der Waals surface area contributed by atoms with E-state index in [0.717, 1.165) is 58.2 Å². The van der Waals surface area contributed by atoms with Gasteiger partial charge in [0.15, 0.2) is 0 Å². The first-order valence-corrected chi connectivity index (χ1v) is 9.49. The van der Waals surface area contributed by atoms with E-state index in [4.69, 9.17) is 4.74 Å². The minimum absolute atomic E-state index is 0.0112. The minimum atomic E-state index is -0.306. The molecule has 0 bridgehead atoms. The second-order valence-corrected chi connectivity index (χ2v) is 8.07. The molecular formula is C20H27FN2O2. The van der Waals surface area contributed by atoms with Gasteiger partial charge in [-0.2, -0.15) is 0 Å². The predicted molar refractivity (Wildman–Crippen MR) is 94.0 cm³/mol. The fourth-order valence-electron chi connectivity index (χ4n) is 4.31. The highest BCUT2D eigenvalue weighted by molar-refractivity contribution is 5.94. The molecule has 25 heavy (non-hydrogen) atoms. The third-order valence-corrected chi connectivity index (χ3v) is 5.77. The van der Waals surface area contributed by atoms with E-state index in [9.17, 15) is 9.18 Å². The van der Waals surface area contributed by atoms with Crippen LogP contribution in [-0.4, -0.2) is 61.6 Å². The molecule has 4 rings (SSSR count). The fourth-order valence-corrected chi connectivity index (χ4v) is 4.31. The molecule has 2 heterocycles. The van der Waals surface area contributed by atoms with Gasteiger partial charge in [0, 0.05) is 43.7 Å². The first-order chi connectivity index (χ1) is 12.1. The number of rotatable bonds is 3. The largest absolute Gasteiger partial charge is 0.379 e. The number of ether oxygens (including phenoxy) is 1. The Hall–Kier alpha value is -1.46. The number of hydrogen-bond donors (Lipinski definition) is 0. The average Bonchev–Trinajstić information content (AvgIpc) is 3.44. The molecule has 2 saturated heterocycles. The van der Waals surface area contributed by atoms with Gasteiger partial charge in [-0.25, -0.2) is 4.39 Å². The molecule has 0 N–H and O–H groups in total. The van der Waals surface area contributed by atoms with Crippen LogP contribution in [0.25, 0.3) is 0 Å². The van der Waals surface area contributed by atoms with E-state index < -0.39 is 0 Å². The van der Waals surface area contributed by atoms with Crippen LogP contribution in [-0.2, 0) is 4.74 Å². The van der Waals surface area contributed by atoms with Gasteiger partial charge in [-0.15, -0.1) is 0 Å². The molecule has 3 fully saturated rings. The number of piperidine rings is 1. The Morgan fingerprint density at radius 2 is 2.00 bits per heavy atom. The predicted octanol–water partition coefficient (Wildman–Crippen LogP) is 2.79. The van der Waals surface area contributed by atoms with Crippen LogP contribution in [0.15, 0.2) is 24.3 Å². The highest BCUT2D eigenvalue weighted by Gasteiger charge is 2.41. The topological polar surface area (TPSA) is 32.8 Å². The first kappa shape index (κ1) is 17.0. The van der Waals surface area contributed by atoms with Crippen LogP contribution in [0.2, 0.25) is 0 Å². The molecule has 0 aromatic heterocycles. The number of carbonyl (C=O) groups is 1. The molecular weight excluding hydrogens is 319 g/mol. The van der Waals surface area contributed by atoms with Crippen molar-refractivity contribution in [1.82, 2.24) is 9.80 Å². The molecule has 1 spiro atoms. The lowest BCUT2D eigenvalue weighted by molar-refractivity contribution is 0.00717. The van der Waals surface area contributed by atoms with Gasteiger partial charge in [0.2, 0.25) is 0 Å². The Morgan fingerprint density at radius 3 is 2.76 bits per heavy atom. The number of nitrogens with zero attached hydrogens (tertiary/aromatic N) is 2. The number of halogens is 1. The van der Waals surface area contributed by atoms with E-state index in [1.165, 1.54) is 31.5 Å². The summed E-state index contributed by atoms with van der Waals surface area (Å²) in [6.07, 6.45) is 4.84. The lowest BCUT2D eigenvalue weighted by Crippen LogP contribution is -2.52. The Bertz CT molecular complexity index is 617. The summed E-state index contributed by atoms with van der Waals surface area (Å²) in [5.41, 5.74) is 0.613. The molecule has 0 unspecified atom stereocenters. The van der Waals surface area contributed by atoms with E-state index in [0.29, 0.717) is 5.56 Å².